The van der Waals surface area contributed by atoms with E-state index in [1.807, 2.05) is 20.8 Å². The summed E-state index contributed by atoms with van der Waals surface area (Å²) in [6.45, 7) is 6.56. The van der Waals surface area contributed by atoms with Crippen molar-refractivity contribution >= 4 is 52.1 Å². The molecule has 2 aromatic rings. The molecular formula is C22H26ClN3O4S. The SMILES string of the molecule is CCCC(=O)Nc1ccc(Cl)c(NC(=S)NC(=O)c2cc(OCC)cc(OCC)c2)c1. The summed E-state index contributed by atoms with van der Waals surface area (Å²) in [5.41, 5.74) is 1.37. The molecule has 2 amide bonds. The Morgan fingerprint density at radius 3 is 2.19 bits per heavy atom. The zero-order valence-electron chi connectivity index (χ0n) is 17.7. The molecule has 3 N–H and O–H groups in total. The number of thiocarbonyl (C=S) groups is 1. The lowest BCUT2D eigenvalue weighted by molar-refractivity contribution is -0.116. The van der Waals surface area contributed by atoms with E-state index in [1.54, 1.807) is 36.4 Å². The molecule has 0 saturated carbocycles. The lowest BCUT2D eigenvalue weighted by Crippen LogP contribution is -2.34. The summed E-state index contributed by atoms with van der Waals surface area (Å²) in [5.74, 6) is 0.529. The van der Waals surface area contributed by atoms with E-state index in [1.165, 1.54) is 0 Å². The standard InChI is InChI=1S/C22H26ClN3O4S/c1-4-7-20(27)24-15-8-9-18(23)19(12-15)25-22(31)26-21(28)14-10-16(29-5-2)13-17(11-14)30-6-3/h8-13H,4-7H2,1-3H3,(H,24,27)(H2,25,26,28,31). The molecule has 0 radical (unpaired) electrons. The van der Waals surface area contributed by atoms with Crippen LogP contribution in [-0.2, 0) is 4.79 Å². The molecule has 0 aliphatic carbocycles. The van der Waals surface area contributed by atoms with Gasteiger partial charge in [0.05, 0.1) is 23.9 Å². The Labute approximate surface area is 192 Å². The normalized spacial score (nSPS) is 10.2. The molecule has 0 unspecified atom stereocenters. The maximum Gasteiger partial charge on any atom is 0.257 e. The number of rotatable bonds is 9. The molecule has 2 aromatic carbocycles. The van der Waals surface area contributed by atoms with Crippen molar-refractivity contribution in [3.05, 3.63) is 47.0 Å². The van der Waals surface area contributed by atoms with Gasteiger partial charge in [-0.2, -0.15) is 0 Å². The fourth-order valence-corrected chi connectivity index (χ4v) is 3.05. The summed E-state index contributed by atoms with van der Waals surface area (Å²) in [5, 5.41) is 8.75. The maximum absolute atomic E-state index is 12.7. The van der Waals surface area contributed by atoms with Gasteiger partial charge in [-0.25, -0.2) is 0 Å². The van der Waals surface area contributed by atoms with Gasteiger partial charge in [0.15, 0.2) is 5.11 Å². The van der Waals surface area contributed by atoms with Crippen molar-refractivity contribution in [3.8, 4) is 11.5 Å². The van der Waals surface area contributed by atoms with Crippen LogP contribution in [0.1, 0.15) is 44.0 Å². The Hall–Kier alpha value is -2.84. The highest BCUT2D eigenvalue weighted by molar-refractivity contribution is 7.80. The summed E-state index contributed by atoms with van der Waals surface area (Å²) >= 11 is 11.5. The molecule has 166 valence electrons. The molecule has 7 nitrogen and oxygen atoms in total. The van der Waals surface area contributed by atoms with Crippen molar-refractivity contribution in [1.29, 1.82) is 0 Å². The van der Waals surface area contributed by atoms with E-state index in [-0.39, 0.29) is 11.0 Å². The second-order valence-electron chi connectivity index (χ2n) is 6.46. The quantitative estimate of drug-likeness (QED) is 0.453. The van der Waals surface area contributed by atoms with Gasteiger partial charge >= 0.3 is 0 Å². The van der Waals surface area contributed by atoms with Gasteiger partial charge in [-0.3, -0.25) is 14.9 Å². The van der Waals surface area contributed by atoms with Crippen LogP contribution in [0.25, 0.3) is 0 Å². The van der Waals surface area contributed by atoms with Crippen LogP contribution in [0.2, 0.25) is 5.02 Å². The van der Waals surface area contributed by atoms with Crippen LogP contribution >= 0.6 is 23.8 Å². The van der Waals surface area contributed by atoms with Gasteiger partial charge in [-0.15, -0.1) is 0 Å². The third-order valence-electron chi connectivity index (χ3n) is 3.97. The molecule has 0 bridgehead atoms. The number of carbonyl (C=O) groups excluding carboxylic acids is 2. The molecule has 0 atom stereocenters. The van der Waals surface area contributed by atoms with Crippen LogP contribution in [0.4, 0.5) is 11.4 Å². The Balaban J connectivity index is 2.10. The third-order valence-corrected chi connectivity index (χ3v) is 4.50. The van der Waals surface area contributed by atoms with E-state index in [4.69, 9.17) is 33.3 Å². The Morgan fingerprint density at radius 2 is 1.61 bits per heavy atom. The molecule has 9 heteroatoms. The van der Waals surface area contributed by atoms with Crippen molar-refractivity contribution in [2.45, 2.75) is 33.6 Å². The van der Waals surface area contributed by atoms with E-state index in [0.29, 0.717) is 53.1 Å². The topological polar surface area (TPSA) is 88.7 Å². The number of ether oxygens (including phenoxy) is 2. The predicted molar refractivity (Wildman–Crippen MR) is 127 cm³/mol. The summed E-state index contributed by atoms with van der Waals surface area (Å²) in [4.78, 5) is 24.5. The van der Waals surface area contributed by atoms with E-state index < -0.39 is 5.91 Å². The summed E-state index contributed by atoms with van der Waals surface area (Å²) in [6.07, 6.45) is 1.17. The van der Waals surface area contributed by atoms with Crippen molar-refractivity contribution in [1.82, 2.24) is 5.32 Å². The summed E-state index contributed by atoms with van der Waals surface area (Å²) in [6, 6.07) is 9.92. The average molecular weight is 464 g/mol. The zero-order valence-corrected chi connectivity index (χ0v) is 19.3. The number of halogens is 1. The third kappa shape index (κ3) is 7.73. The fourth-order valence-electron chi connectivity index (χ4n) is 2.68. The molecule has 0 aliphatic heterocycles. The highest BCUT2D eigenvalue weighted by Crippen LogP contribution is 2.26. The molecule has 0 aromatic heterocycles. The van der Waals surface area contributed by atoms with Gasteiger partial charge in [0, 0.05) is 23.7 Å². The Morgan fingerprint density at radius 1 is 0.968 bits per heavy atom. The van der Waals surface area contributed by atoms with Gasteiger partial charge in [-0.05, 0) is 62.8 Å². The highest BCUT2D eigenvalue weighted by atomic mass is 35.5. The van der Waals surface area contributed by atoms with Crippen molar-refractivity contribution in [3.63, 3.8) is 0 Å². The van der Waals surface area contributed by atoms with E-state index in [9.17, 15) is 9.59 Å². The number of hydrogen-bond acceptors (Lipinski definition) is 5. The van der Waals surface area contributed by atoms with Crippen LogP contribution in [0.5, 0.6) is 11.5 Å². The van der Waals surface area contributed by atoms with Gasteiger partial charge in [0.2, 0.25) is 5.91 Å². The van der Waals surface area contributed by atoms with Crippen LogP contribution in [0.15, 0.2) is 36.4 Å². The summed E-state index contributed by atoms with van der Waals surface area (Å²) in [7, 11) is 0. The lowest BCUT2D eigenvalue weighted by atomic mass is 10.2. The van der Waals surface area contributed by atoms with Crippen molar-refractivity contribution in [2.24, 2.45) is 0 Å². The van der Waals surface area contributed by atoms with Gasteiger partial charge in [0.1, 0.15) is 11.5 Å². The second-order valence-corrected chi connectivity index (χ2v) is 7.28. The van der Waals surface area contributed by atoms with E-state index in [0.717, 1.165) is 6.42 Å². The maximum atomic E-state index is 12.7. The number of carbonyl (C=O) groups is 2. The molecule has 0 fully saturated rings. The van der Waals surface area contributed by atoms with Gasteiger partial charge in [-0.1, -0.05) is 18.5 Å². The van der Waals surface area contributed by atoms with E-state index >= 15 is 0 Å². The number of amides is 2. The first-order valence-electron chi connectivity index (χ1n) is 9.98. The van der Waals surface area contributed by atoms with E-state index in [2.05, 4.69) is 16.0 Å². The monoisotopic (exact) mass is 463 g/mol. The summed E-state index contributed by atoms with van der Waals surface area (Å²) < 4.78 is 11.0. The minimum atomic E-state index is -0.427. The predicted octanol–water partition coefficient (Wildman–Crippen LogP) is 5.00. The molecule has 0 saturated heterocycles. The minimum Gasteiger partial charge on any atom is -0.494 e. The molecule has 0 spiro atoms. The second kappa shape index (κ2) is 12.1. The molecule has 31 heavy (non-hydrogen) atoms. The highest BCUT2D eigenvalue weighted by Gasteiger charge is 2.13. The van der Waals surface area contributed by atoms with Crippen LogP contribution < -0.4 is 25.4 Å². The minimum absolute atomic E-state index is 0.0590. The van der Waals surface area contributed by atoms with Crippen LogP contribution in [0.3, 0.4) is 0 Å². The molecule has 0 heterocycles. The largest absolute Gasteiger partial charge is 0.494 e. The molecule has 0 aliphatic rings. The first-order chi connectivity index (χ1) is 14.9. The first-order valence-corrected chi connectivity index (χ1v) is 10.8. The zero-order chi connectivity index (χ0) is 22.8. The molecule has 2 rings (SSSR count). The van der Waals surface area contributed by atoms with Gasteiger partial charge in [0.25, 0.3) is 5.91 Å². The number of benzene rings is 2. The number of nitrogens with one attached hydrogen (secondary N) is 3. The number of anilines is 2. The van der Waals surface area contributed by atoms with Gasteiger partial charge < -0.3 is 20.1 Å². The number of hydrogen-bond donors (Lipinski definition) is 3. The van der Waals surface area contributed by atoms with Crippen LogP contribution in [0, 0.1) is 0 Å². The average Bonchev–Trinajstić information content (AvgIpc) is 2.71. The Bertz CT molecular complexity index is 928. The van der Waals surface area contributed by atoms with Crippen molar-refractivity contribution in [2.75, 3.05) is 23.8 Å². The smallest absolute Gasteiger partial charge is 0.257 e. The Kier molecular flexibility index (Phi) is 9.55. The first kappa shape index (κ1) is 24.4. The molecular weight excluding hydrogens is 438 g/mol. The van der Waals surface area contributed by atoms with Crippen molar-refractivity contribution < 1.29 is 19.1 Å². The van der Waals surface area contributed by atoms with Crippen LogP contribution in [-0.4, -0.2) is 30.1 Å². The lowest BCUT2D eigenvalue weighted by Gasteiger charge is -2.14. The fraction of sp³-hybridized carbons (Fsp3) is 0.318.